The van der Waals surface area contributed by atoms with Gasteiger partial charge in [0.1, 0.15) is 17.0 Å². The monoisotopic (exact) mass is 462 g/mol. The highest BCUT2D eigenvalue weighted by Crippen LogP contribution is 2.50. The van der Waals surface area contributed by atoms with Crippen molar-refractivity contribution in [3.05, 3.63) is 65.6 Å². The molecular formula is C27H34N4O3. The third-order valence-electron chi connectivity index (χ3n) is 7.43. The number of hydrogen-bond acceptors (Lipinski definition) is 6. The third-order valence-corrected chi connectivity index (χ3v) is 7.43. The van der Waals surface area contributed by atoms with Gasteiger partial charge in [0.2, 0.25) is 0 Å². The molecule has 0 amide bonds. The summed E-state index contributed by atoms with van der Waals surface area (Å²) in [7, 11) is 2.06. The second kappa shape index (κ2) is 8.18. The van der Waals surface area contributed by atoms with E-state index in [1.54, 1.807) is 26.2 Å². The minimum Gasteiger partial charge on any atom is -0.490 e. The van der Waals surface area contributed by atoms with E-state index in [9.17, 15) is 10.2 Å². The van der Waals surface area contributed by atoms with Crippen molar-refractivity contribution in [3.63, 3.8) is 0 Å². The van der Waals surface area contributed by atoms with Crippen LogP contribution in [-0.4, -0.2) is 56.5 Å². The van der Waals surface area contributed by atoms with Gasteiger partial charge in [-0.3, -0.25) is 10.1 Å². The van der Waals surface area contributed by atoms with Crippen LogP contribution in [0.4, 0.5) is 0 Å². The molecule has 3 N–H and O–H groups in total. The molecule has 1 aliphatic carbocycles. The second-order valence-electron chi connectivity index (χ2n) is 10.8. The molecule has 2 aliphatic rings. The molecule has 1 aromatic carbocycles. The van der Waals surface area contributed by atoms with Crippen LogP contribution in [0.25, 0.3) is 11.3 Å². The summed E-state index contributed by atoms with van der Waals surface area (Å²) in [5, 5.41) is 30.0. The van der Waals surface area contributed by atoms with Crippen molar-refractivity contribution in [1.82, 2.24) is 20.1 Å². The first kappa shape index (κ1) is 23.0. The Morgan fingerprint density at radius 2 is 1.76 bits per heavy atom. The Morgan fingerprint density at radius 1 is 1.06 bits per heavy atom. The van der Waals surface area contributed by atoms with Crippen LogP contribution in [-0.2, 0) is 11.2 Å². The van der Waals surface area contributed by atoms with Gasteiger partial charge < -0.3 is 19.8 Å². The van der Waals surface area contributed by atoms with Crippen molar-refractivity contribution in [2.45, 2.75) is 57.3 Å². The van der Waals surface area contributed by atoms with E-state index in [2.05, 4.69) is 34.1 Å². The van der Waals surface area contributed by atoms with Crippen molar-refractivity contribution >= 4 is 0 Å². The average molecular weight is 463 g/mol. The summed E-state index contributed by atoms with van der Waals surface area (Å²) in [5.41, 5.74) is 0.971. The number of aromatic amines is 1. The summed E-state index contributed by atoms with van der Waals surface area (Å²) in [4.78, 5) is 6.68. The molecule has 0 bridgehead atoms. The number of benzene rings is 1. The Bertz CT molecular complexity index is 1160. The van der Waals surface area contributed by atoms with E-state index in [-0.39, 0.29) is 5.41 Å². The van der Waals surface area contributed by atoms with E-state index in [4.69, 9.17) is 4.74 Å². The molecule has 7 nitrogen and oxygen atoms in total. The van der Waals surface area contributed by atoms with Crippen LogP contribution in [0.3, 0.4) is 0 Å². The number of ether oxygens (including phenoxy) is 1. The summed E-state index contributed by atoms with van der Waals surface area (Å²) < 4.78 is 6.04. The Hall–Kier alpha value is -2.74. The van der Waals surface area contributed by atoms with Crippen LogP contribution in [0.1, 0.15) is 56.9 Å². The minimum absolute atomic E-state index is 0.311. The molecule has 1 aliphatic heterocycles. The molecule has 1 saturated carbocycles. The Kier molecular flexibility index (Phi) is 5.54. The predicted octanol–water partition coefficient (Wildman–Crippen LogP) is 3.82. The quantitative estimate of drug-likeness (QED) is 0.494. The molecule has 3 aromatic rings. The van der Waals surface area contributed by atoms with Crippen LogP contribution in [0.5, 0.6) is 5.75 Å². The zero-order valence-corrected chi connectivity index (χ0v) is 20.4. The zero-order chi connectivity index (χ0) is 24.1. The number of nitrogens with one attached hydrogen (secondary N) is 1. The highest BCUT2D eigenvalue weighted by Gasteiger charge is 2.55. The number of likely N-dealkylation sites (tertiary alicyclic amines) is 1. The molecule has 2 aromatic heterocycles. The van der Waals surface area contributed by atoms with Gasteiger partial charge in [-0.15, -0.1) is 0 Å². The lowest BCUT2D eigenvalue weighted by Crippen LogP contribution is -2.63. The molecule has 0 radical (unpaired) electrons. The smallest absolute Gasteiger partial charge is 0.124 e. The maximum Gasteiger partial charge on any atom is 0.124 e. The molecule has 0 spiro atoms. The maximum absolute atomic E-state index is 12.4. The van der Waals surface area contributed by atoms with Gasteiger partial charge in [-0.25, -0.2) is 0 Å². The molecule has 1 atom stereocenters. The summed E-state index contributed by atoms with van der Waals surface area (Å²) in [5.74, 6) is 0.842. The minimum atomic E-state index is -1.24. The van der Waals surface area contributed by atoms with Gasteiger partial charge in [0.05, 0.1) is 17.5 Å². The molecule has 2 fully saturated rings. The van der Waals surface area contributed by atoms with Gasteiger partial charge in [0.15, 0.2) is 0 Å². The summed E-state index contributed by atoms with van der Waals surface area (Å²) in [6, 6.07) is 11.7. The van der Waals surface area contributed by atoms with E-state index in [0.29, 0.717) is 17.5 Å². The second-order valence-corrected chi connectivity index (χ2v) is 10.8. The number of aliphatic hydroxyl groups is 2. The van der Waals surface area contributed by atoms with E-state index < -0.39 is 11.2 Å². The number of hydrogen-bond donors (Lipinski definition) is 3. The Labute approximate surface area is 200 Å². The molecule has 180 valence electrons. The first-order valence-corrected chi connectivity index (χ1v) is 12.0. The molecule has 7 heteroatoms. The lowest BCUT2D eigenvalue weighted by Gasteiger charge is -2.55. The van der Waals surface area contributed by atoms with Crippen molar-refractivity contribution in [3.8, 4) is 17.0 Å². The zero-order valence-electron chi connectivity index (χ0n) is 20.4. The van der Waals surface area contributed by atoms with Crippen molar-refractivity contribution in [1.29, 1.82) is 0 Å². The predicted molar refractivity (Wildman–Crippen MR) is 130 cm³/mol. The van der Waals surface area contributed by atoms with Crippen LogP contribution >= 0.6 is 0 Å². The normalized spacial score (nSPS) is 20.3. The van der Waals surface area contributed by atoms with Crippen LogP contribution in [0, 0.1) is 5.41 Å². The van der Waals surface area contributed by atoms with Crippen LogP contribution in [0.15, 0.2) is 48.8 Å². The number of pyridine rings is 1. The SMILES string of the molecule is CN1CC(C)([C@](O)(c2ccc(OC3CCC3)cc2)c2cncc(-c3cc(C(C)(C)O)[nH]n3)c2)C1. The summed E-state index contributed by atoms with van der Waals surface area (Å²) in [6.07, 6.45) is 7.24. The molecule has 1 saturated heterocycles. The molecular weight excluding hydrogens is 428 g/mol. The Morgan fingerprint density at radius 3 is 2.32 bits per heavy atom. The Balaban J connectivity index is 1.53. The molecule has 34 heavy (non-hydrogen) atoms. The van der Waals surface area contributed by atoms with E-state index >= 15 is 0 Å². The number of aromatic nitrogens is 3. The van der Waals surface area contributed by atoms with Crippen molar-refractivity contribution in [2.24, 2.45) is 5.41 Å². The van der Waals surface area contributed by atoms with Gasteiger partial charge in [-0.05, 0) is 70.0 Å². The fourth-order valence-corrected chi connectivity index (χ4v) is 5.25. The fourth-order valence-electron chi connectivity index (χ4n) is 5.25. The highest BCUT2D eigenvalue weighted by atomic mass is 16.5. The van der Waals surface area contributed by atoms with Crippen LogP contribution in [0.2, 0.25) is 0 Å². The third kappa shape index (κ3) is 3.91. The lowest BCUT2D eigenvalue weighted by molar-refractivity contribution is -0.127. The van der Waals surface area contributed by atoms with Crippen LogP contribution < -0.4 is 4.74 Å². The van der Waals surface area contributed by atoms with Gasteiger partial charge >= 0.3 is 0 Å². The number of nitrogens with zero attached hydrogens (tertiary/aromatic N) is 3. The fraction of sp³-hybridized carbons (Fsp3) is 0.481. The number of H-pyrrole nitrogens is 1. The van der Waals surface area contributed by atoms with Crippen molar-refractivity contribution < 1.29 is 14.9 Å². The first-order chi connectivity index (χ1) is 16.1. The molecule has 3 heterocycles. The van der Waals surface area contributed by atoms with Gasteiger partial charge in [-0.2, -0.15) is 5.10 Å². The molecule has 5 rings (SSSR count). The largest absolute Gasteiger partial charge is 0.490 e. The van der Waals surface area contributed by atoms with E-state index in [1.165, 1.54) is 6.42 Å². The van der Waals surface area contributed by atoms with Gasteiger partial charge in [-0.1, -0.05) is 19.1 Å². The summed E-state index contributed by atoms with van der Waals surface area (Å²) >= 11 is 0. The van der Waals surface area contributed by atoms with E-state index in [0.717, 1.165) is 48.4 Å². The standard InChI is InChI=1S/C27H34N4O3/c1-25(2,32)24-13-23(29-30-24)18-12-20(15-28-14-18)27(33,26(3)16-31(4)17-26)19-8-10-22(11-9-19)34-21-6-5-7-21/h8-15,21,32-33H,5-7,16-17H2,1-4H3,(H,29,30)/t27-/m0/s1. The maximum atomic E-state index is 12.4. The first-order valence-electron chi connectivity index (χ1n) is 12.0. The average Bonchev–Trinajstić information content (AvgIpc) is 3.26. The van der Waals surface area contributed by atoms with Gasteiger partial charge in [0, 0.05) is 42.0 Å². The number of rotatable bonds is 7. The topological polar surface area (TPSA) is 94.5 Å². The highest BCUT2D eigenvalue weighted by molar-refractivity contribution is 5.60. The van der Waals surface area contributed by atoms with Gasteiger partial charge in [0.25, 0.3) is 0 Å². The van der Waals surface area contributed by atoms with Crippen molar-refractivity contribution in [2.75, 3.05) is 20.1 Å². The molecule has 0 unspecified atom stereocenters. The van der Waals surface area contributed by atoms with E-state index in [1.807, 2.05) is 36.4 Å². The lowest BCUT2D eigenvalue weighted by atomic mass is 9.62. The summed E-state index contributed by atoms with van der Waals surface area (Å²) in [6.45, 7) is 7.08.